The molecule has 0 bridgehead atoms. The van der Waals surface area contributed by atoms with E-state index >= 15 is 0 Å². The van der Waals surface area contributed by atoms with Gasteiger partial charge in [-0.1, -0.05) is 48.0 Å². The normalized spacial score (nSPS) is 13.7. The van der Waals surface area contributed by atoms with Crippen molar-refractivity contribution in [2.24, 2.45) is 0 Å². The van der Waals surface area contributed by atoms with Crippen LogP contribution in [-0.2, 0) is 12.1 Å². The minimum atomic E-state index is -1.01. The van der Waals surface area contributed by atoms with Crippen LogP contribution in [0.3, 0.4) is 0 Å². The fourth-order valence-electron chi connectivity index (χ4n) is 2.28. The number of ether oxygens (including phenoxy) is 1. The topological polar surface area (TPSA) is 41.5 Å². The lowest BCUT2D eigenvalue weighted by atomic mass is 9.97. The van der Waals surface area contributed by atoms with Gasteiger partial charge in [-0.05, 0) is 32.5 Å². The van der Waals surface area contributed by atoms with Crippen LogP contribution in [0, 0.1) is 6.92 Å². The SMILES string of the molecule is CNCc1cc(C)ccc1OCC(C)(O)c1ccccc1. The minimum Gasteiger partial charge on any atom is -0.490 e. The van der Waals surface area contributed by atoms with Crippen LogP contribution in [0.4, 0.5) is 0 Å². The molecule has 112 valence electrons. The maximum Gasteiger partial charge on any atom is 0.123 e. The molecule has 0 radical (unpaired) electrons. The zero-order valence-electron chi connectivity index (χ0n) is 12.9. The maximum absolute atomic E-state index is 10.6. The van der Waals surface area contributed by atoms with E-state index < -0.39 is 5.60 Å². The quantitative estimate of drug-likeness (QED) is 0.857. The molecular weight excluding hydrogens is 262 g/mol. The third kappa shape index (κ3) is 4.06. The van der Waals surface area contributed by atoms with Gasteiger partial charge in [0.1, 0.15) is 18.0 Å². The average molecular weight is 285 g/mol. The predicted octanol–water partition coefficient (Wildman–Crippen LogP) is 3.00. The zero-order chi connectivity index (χ0) is 15.3. The molecule has 0 spiro atoms. The minimum absolute atomic E-state index is 0.219. The Bertz CT molecular complexity index is 579. The molecule has 2 aromatic rings. The number of aryl methyl sites for hydroxylation is 1. The summed E-state index contributed by atoms with van der Waals surface area (Å²) in [6.45, 7) is 4.79. The highest BCUT2D eigenvalue weighted by Gasteiger charge is 2.24. The molecule has 2 aromatic carbocycles. The van der Waals surface area contributed by atoms with Crippen molar-refractivity contribution in [3.63, 3.8) is 0 Å². The van der Waals surface area contributed by atoms with Gasteiger partial charge < -0.3 is 15.2 Å². The zero-order valence-corrected chi connectivity index (χ0v) is 12.9. The van der Waals surface area contributed by atoms with Gasteiger partial charge in [-0.15, -0.1) is 0 Å². The van der Waals surface area contributed by atoms with E-state index in [0.717, 1.165) is 23.4 Å². The smallest absolute Gasteiger partial charge is 0.123 e. The van der Waals surface area contributed by atoms with Crippen molar-refractivity contribution in [1.29, 1.82) is 0 Å². The van der Waals surface area contributed by atoms with E-state index in [4.69, 9.17) is 4.74 Å². The second kappa shape index (κ2) is 6.74. The fourth-order valence-corrected chi connectivity index (χ4v) is 2.28. The Morgan fingerprint density at radius 1 is 1.14 bits per heavy atom. The molecule has 3 nitrogen and oxygen atoms in total. The summed E-state index contributed by atoms with van der Waals surface area (Å²) in [5.41, 5.74) is 2.14. The van der Waals surface area contributed by atoms with Crippen molar-refractivity contribution in [1.82, 2.24) is 5.32 Å². The molecule has 0 saturated carbocycles. The van der Waals surface area contributed by atoms with E-state index in [2.05, 4.69) is 18.3 Å². The van der Waals surface area contributed by atoms with Crippen molar-refractivity contribution in [3.05, 3.63) is 65.2 Å². The summed E-state index contributed by atoms with van der Waals surface area (Å²) in [4.78, 5) is 0. The highest BCUT2D eigenvalue weighted by Crippen LogP contribution is 2.25. The van der Waals surface area contributed by atoms with Crippen molar-refractivity contribution >= 4 is 0 Å². The van der Waals surface area contributed by atoms with E-state index in [1.807, 2.05) is 49.5 Å². The first kappa shape index (κ1) is 15.5. The van der Waals surface area contributed by atoms with Crippen molar-refractivity contribution in [2.75, 3.05) is 13.7 Å². The number of benzene rings is 2. The lowest BCUT2D eigenvalue weighted by Crippen LogP contribution is -2.29. The van der Waals surface area contributed by atoms with Gasteiger partial charge in [-0.25, -0.2) is 0 Å². The Balaban J connectivity index is 2.12. The van der Waals surface area contributed by atoms with E-state index in [9.17, 15) is 5.11 Å². The summed E-state index contributed by atoms with van der Waals surface area (Å²) in [7, 11) is 1.91. The molecule has 2 rings (SSSR count). The van der Waals surface area contributed by atoms with E-state index in [0.29, 0.717) is 0 Å². The van der Waals surface area contributed by atoms with Crippen LogP contribution in [0.2, 0.25) is 0 Å². The standard InChI is InChI=1S/C18H23NO2/c1-14-9-10-17(15(11-14)12-19-3)21-13-18(2,20)16-7-5-4-6-8-16/h4-11,19-20H,12-13H2,1-3H3. The molecule has 0 aliphatic heterocycles. The Hall–Kier alpha value is -1.84. The van der Waals surface area contributed by atoms with Crippen LogP contribution in [0.5, 0.6) is 5.75 Å². The molecule has 3 heteroatoms. The Kier molecular flexibility index (Phi) is 4.99. The molecule has 0 heterocycles. The Morgan fingerprint density at radius 2 is 1.86 bits per heavy atom. The molecule has 1 atom stereocenters. The van der Waals surface area contributed by atoms with Gasteiger partial charge in [0.25, 0.3) is 0 Å². The summed E-state index contributed by atoms with van der Waals surface area (Å²) >= 11 is 0. The average Bonchev–Trinajstić information content (AvgIpc) is 2.48. The molecule has 0 amide bonds. The number of hydrogen-bond acceptors (Lipinski definition) is 3. The first-order valence-electron chi connectivity index (χ1n) is 7.18. The predicted molar refractivity (Wildman–Crippen MR) is 85.5 cm³/mol. The van der Waals surface area contributed by atoms with Gasteiger partial charge >= 0.3 is 0 Å². The highest BCUT2D eigenvalue weighted by molar-refractivity contribution is 5.37. The summed E-state index contributed by atoms with van der Waals surface area (Å²) < 4.78 is 5.87. The first-order chi connectivity index (χ1) is 10.0. The van der Waals surface area contributed by atoms with Crippen LogP contribution in [0.15, 0.2) is 48.5 Å². The molecule has 0 aliphatic carbocycles. The maximum atomic E-state index is 10.6. The third-order valence-corrected chi connectivity index (χ3v) is 3.49. The molecule has 2 N–H and O–H groups in total. The molecular formula is C18H23NO2. The summed E-state index contributed by atoms with van der Waals surface area (Å²) in [5.74, 6) is 0.811. The van der Waals surface area contributed by atoms with Crippen LogP contribution in [0.25, 0.3) is 0 Å². The van der Waals surface area contributed by atoms with Crippen molar-refractivity contribution in [3.8, 4) is 5.75 Å². The van der Waals surface area contributed by atoms with Crippen LogP contribution >= 0.6 is 0 Å². The third-order valence-electron chi connectivity index (χ3n) is 3.49. The molecule has 0 aromatic heterocycles. The second-order valence-electron chi connectivity index (χ2n) is 5.57. The van der Waals surface area contributed by atoms with E-state index in [-0.39, 0.29) is 6.61 Å². The molecule has 0 saturated heterocycles. The Morgan fingerprint density at radius 3 is 2.52 bits per heavy atom. The number of nitrogens with one attached hydrogen (secondary N) is 1. The number of rotatable bonds is 6. The van der Waals surface area contributed by atoms with Gasteiger partial charge in [0.05, 0.1) is 0 Å². The van der Waals surface area contributed by atoms with Gasteiger partial charge in [0, 0.05) is 12.1 Å². The molecule has 0 aliphatic rings. The van der Waals surface area contributed by atoms with Crippen molar-refractivity contribution in [2.45, 2.75) is 26.0 Å². The van der Waals surface area contributed by atoms with E-state index in [1.165, 1.54) is 5.56 Å². The van der Waals surface area contributed by atoms with Crippen LogP contribution < -0.4 is 10.1 Å². The lowest BCUT2D eigenvalue weighted by molar-refractivity contribution is 0.00728. The van der Waals surface area contributed by atoms with Gasteiger partial charge in [0.2, 0.25) is 0 Å². The molecule has 0 fully saturated rings. The second-order valence-corrected chi connectivity index (χ2v) is 5.57. The van der Waals surface area contributed by atoms with Crippen LogP contribution in [-0.4, -0.2) is 18.8 Å². The summed E-state index contributed by atoms with van der Waals surface area (Å²) in [6, 6.07) is 15.7. The monoisotopic (exact) mass is 285 g/mol. The lowest BCUT2D eigenvalue weighted by Gasteiger charge is -2.25. The first-order valence-corrected chi connectivity index (χ1v) is 7.18. The van der Waals surface area contributed by atoms with Gasteiger partial charge in [-0.3, -0.25) is 0 Å². The molecule has 21 heavy (non-hydrogen) atoms. The Labute approximate surface area is 126 Å². The summed E-state index contributed by atoms with van der Waals surface area (Å²) in [6.07, 6.45) is 0. The van der Waals surface area contributed by atoms with Gasteiger partial charge in [-0.2, -0.15) is 0 Å². The highest BCUT2D eigenvalue weighted by atomic mass is 16.5. The number of hydrogen-bond donors (Lipinski definition) is 2. The number of aliphatic hydroxyl groups is 1. The van der Waals surface area contributed by atoms with E-state index in [1.54, 1.807) is 6.92 Å². The summed E-state index contributed by atoms with van der Waals surface area (Å²) in [5, 5.41) is 13.7. The largest absolute Gasteiger partial charge is 0.490 e. The van der Waals surface area contributed by atoms with Gasteiger partial charge in [0.15, 0.2) is 0 Å². The van der Waals surface area contributed by atoms with Crippen LogP contribution in [0.1, 0.15) is 23.6 Å². The molecule has 1 unspecified atom stereocenters. The van der Waals surface area contributed by atoms with Crippen molar-refractivity contribution < 1.29 is 9.84 Å². The fraction of sp³-hybridized carbons (Fsp3) is 0.333.